The Bertz CT molecular complexity index is 444. The van der Waals surface area contributed by atoms with E-state index >= 15 is 0 Å². The highest BCUT2D eigenvalue weighted by Crippen LogP contribution is 2.24. The average Bonchev–Trinajstić information content (AvgIpc) is 2.35. The van der Waals surface area contributed by atoms with Crippen LogP contribution >= 0.6 is 0 Å². The molecule has 1 aromatic carbocycles. The second-order valence-corrected chi connectivity index (χ2v) is 5.31. The lowest BCUT2D eigenvalue weighted by Crippen LogP contribution is -2.41. The third-order valence-electron chi connectivity index (χ3n) is 3.86. The predicted molar refractivity (Wildman–Crippen MR) is 70.0 cm³/mol. The molecule has 98 valence electrons. The zero-order chi connectivity index (χ0) is 13.1. The standard InChI is InChI=1S/C15H20FNO/c1-10-7-8-12(9-13(10)16)15(18)17-14-6-4-3-5-11(14)2/h7-9,11,14H,3-6H2,1-2H3,(H,17,18)/t11-,14-/m0/s1. The van der Waals surface area contributed by atoms with Crippen LogP contribution in [0.1, 0.15) is 48.5 Å². The smallest absolute Gasteiger partial charge is 0.251 e. The minimum atomic E-state index is -0.320. The second kappa shape index (κ2) is 5.51. The molecular weight excluding hydrogens is 229 g/mol. The number of amides is 1. The van der Waals surface area contributed by atoms with Gasteiger partial charge < -0.3 is 5.32 Å². The molecule has 1 saturated carbocycles. The summed E-state index contributed by atoms with van der Waals surface area (Å²) in [4.78, 5) is 12.0. The van der Waals surface area contributed by atoms with Crippen LogP contribution in [-0.4, -0.2) is 11.9 Å². The van der Waals surface area contributed by atoms with Crippen LogP contribution in [0, 0.1) is 18.7 Å². The van der Waals surface area contributed by atoms with Gasteiger partial charge in [-0.1, -0.05) is 25.8 Å². The number of aryl methyl sites for hydroxylation is 1. The monoisotopic (exact) mass is 249 g/mol. The largest absolute Gasteiger partial charge is 0.349 e. The van der Waals surface area contributed by atoms with Crippen LogP contribution in [0.15, 0.2) is 18.2 Å². The van der Waals surface area contributed by atoms with E-state index in [1.807, 2.05) is 0 Å². The molecule has 3 heteroatoms. The van der Waals surface area contributed by atoms with E-state index < -0.39 is 0 Å². The first-order valence-corrected chi connectivity index (χ1v) is 6.65. The number of benzene rings is 1. The molecule has 1 fully saturated rings. The Labute approximate surface area is 108 Å². The fourth-order valence-electron chi connectivity index (χ4n) is 2.52. The van der Waals surface area contributed by atoms with Crippen molar-refractivity contribution in [1.29, 1.82) is 0 Å². The van der Waals surface area contributed by atoms with Gasteiger partial charge >= 0.3 is 0 Å². The van der Waals surface area contributed by atoms with E-state index in [-0.39, 0.29) is 17.8 Å². The fraction of sp³-hybridized carbons (Fsp3) is 0.533. The summed E-state index contributed by atoms with van der Waals surface area (Å²) in [6.45, 7) is 3.86. The third-order valence-corrected chi connectivity index (χ3v) is 3.86. The van der Waals surface area contributed by atoms with E-state index in [4.69, 9.17) is 0 Å². The first-order valence-electron chi connectivity index (χ1n) is 6.65. The maximum absolute atomic E-state index is 13.4. The highest BCUT2D eigenvalue weighted by molar-refractivity contribution is 5.94. The Morgan fingerprint density at radius 2 is 2.06 bits per heavy atom. The van der Waals surface area contributed by atoms with Crippen molar-refractivity contribution in [2.75, 3.05) is 0 Å². The Morgan fingerprint density at radius 1 is 1.33 bits per heavy atom. The van der Waals surface area contributed by atoms with Gasteiger partial charge in [0, 0.05) is 11.6 Å². The molecule has 0 aromatic heterocycles. The lowest BCUT2D eigenvalue weighted by Gasteiger charge is -2.29. The molecule has 0 unspecified atom stereocenters. The fourth-order valence-corrected chi connectivity index (χ4v) is 2.52. The summed E-state index contributed by atoms with van der Waals surface area (Å²) in [6.07, 6.45) is 4.60. The van der Waals surface area contributed by atoms with Gasteiger partial charge in [0.1, 0.15) is 5.82 Å². The van der Waals surface area contributed by atoms with Gasteiger partial charge in [0.2, 0.25) is 0 Å². The van der Waals surface area contributed by atoms with Crippen molar-refractivity contribution in [3.8, 4) is 0 Å². The molecular formula is C15H20FNO. The Kier molecular flexibility index (Phi) is 4.00. The Hall–Kier alpha value is -1.38. The second-order valence-electron chi connectivity index (χ2n) is 5.31. The van der Waals surface area contributed by atoms with Crippen LogP contribution in [0.4, 0.5) is 4.39 Å². The van der Waals surface area contributed by atoms with Gasteiger partial charge in [0.15, 0.2) is 0 Å². The summed E-state index contributed by atoms with van der Waals surface area (Å²) in [5, 5.41) is 3.03. The van der Waals surface area contributed by atoms with E-state index in [9.17, 15) is 9.18 Å². The summed E-state index contributed by atoms with van der Waals surface area (Å²) in [5.41, 5.74) is 0.980. The highest BCUT2D eigenvalue weighted by Gasteiger charge is 2.23. The molecule has 1 N–H and O–H groups in total. The molecule has 1 amide bonds. The number of nitrogens with one attached hydrogen (secondary N) is 1. The van der Waals surface area contributed by atoms with Crippen molar-refractivity contribution < 1.29 is 9.18 Å². The van der Waals surface area contributed by atoms with Gasteiger partial charge in [-0.15, -0.1) is 0 Å². The summed E-state index contributed by atoms with van der Waals surface area (Å²) in [5.74, 6) is 0.0324. The van der Waals surface area contributed by atoms with E-state index in [1.54, 1.807) is 19.1 Å². The van der Waals surface area contributed by atoms with Crippen molar-refractivity contribution in [3.05, 3.63) is 35.1 Å². The molecule has 0 aliphatic heterocycles. The molecule has 0 bridgehead atoms. The molecule has 1 aliphatic rings. The van der Waals surface area contributed by atoms with Gasteiger partial charge in [0.05, 0.1) is 0 Å². The SMILES string of the molecule is Cc1ccc(C(=O)N[C@H]2CCCC[C@@H]2C)cc1F. The maximum atomic E-state index is 13.4. The van der Waals surface area contributed by atoms with Gasteiger partial charge in [-0.3, -0.25) is 4.79 Å². The quantitative estimate of drug-likeness (QED) is 0.854. The van der Waals surface area contributed by atoms with E-state index in [0.717, 1.165) is 19.3 Å². The molecule has 18 heavy (non-hydrogen) atoms. The molecule has 0 spiro atoms. The van der Waals surface area contributed by atoms with Crippen LogP contribution in [0.5, 0.6) is 0 Å². The first kappa shape index (κ1) is 13.1. The Morgan fingerprint density at radius 3 is 2.72 bits per heavy atom. The van der Waals surface area contributed by atoms with Crippen molar-refractivity contribution in [2.24, 2.45) is 5.92 Å². The molecule has 1 aliphatic carbocycles. The van der Waals surface area contributed by atoms with Crippen LogP contribution < -0.4 is 5.32 Å². The number of hydrogen-bond acceptors (Lipinski definition) is 1. The van der Waals surface area contributed by atoms with E-state index in [2.05, 4.69) is 12.2 Å². The molecule has 1 aromatic rings. The molecule has 2 rings (SSSR count). The molecule has 2 atom stereocenters. The van der Waals surface area contributed by atoms with Crippen LogP contribution in [-0.2, 0) is 0 Å². The van der Waals surface area contributed by atoms with Crippen LogP contribution in [0.2, 0.25) is 0 Å². The van der Waals surface area contributed by atoms with E-state index in [0.29, 0.717) is 17.0 Å². The third kappa shape index (κ3) is 2.89. The summed E-state index contributed by atoms with van der Waals surface area (Å²) in [7, 11) is 0. The summed E-state index contributed by atoms with van der Waals surface area (Å²) >= 11 is 0. The zero-order valence-electron chi connectivity index (χ0n) is 11.0. The number of carbonyl (C=O) groups excluding carboxylic acids is 1. The zero-order valence-corrected chi connectivity index (χ0v) is 11.0. The minimum Gasteiger partial charge on any atom is -0.349 e. The lowest BCUT2D eigenvalue weighted by atomic mass is 9.86. The topological polar surface area (TPSA) is 29.1 Å². The highest BCUT2D eigenvalue weighted by atomic mass is 19.1. The summed E-state index contributed by atoms with van der Waals surface area (Å²) in [6, 6.07) is 4.88. The van der Waals surface area contributed by atoms with Crippen molar-refractivity contribution in [3.63, 3.8) is 0 Å². The number of carbonyl (C=O) groups is 1. The van der Waals surface area contributed by atoms with Crippen LogP contribution in [0.25, 0.3) is 0 Å². The number of halogens is 1. The predicted octanol–water partition coefficient (Wildman–Crippen LogP) is 3.44. The molecule has 0 heterocycles. The Balaban J connectivity index is 2.04. The van der Waals surface area contributed by atoms with Crippen LogP contribution in [0.3, 0.4) is 0 Å². The summed E-state index contributed by atoms with van der Waals surface area (Å²) < 4.78 is 13.4. The van der Waals surface area contributed by atoms with Crippen molar-refractivity contribution in [1.82, 2.24) is 5.32 Å². The molecule has 0 radical (unpaired) electrons. The van der Waals surface area contributed by atoms with Gasteiger partial charge in [0.25, 0.3) is 5.91 Å². The first-order chi connectivity index (χ1) is 8.58. The van der Waals surface area contributed by atoms with Crippen molar-refractivity contribution >= 4 is 5.91 Å². The van der Waals surface area contributed by atoms with E-state index in [1.165, 1.54) is 12.5 Å². The lowest BCUT2D eigenvalue weighted by molar-refractivity contribution is 0.0910. The van der Waals surface area contributed by atoms with Gasteiger partial charge in [-0.25, -0.2) is 4.39 Å². The molecule has 0 saturated heterocycles. The average molecular weight is 249 g/mol. The molecule has 2 nitrogen and oxygen atoms in total. The number of rotatable bonds is 2. The van der Waals surface area contributed by atoms with Gasteiger partial charge in [-0.05, 0) is 43.4 Å². The maximum Gasteiger partial charge on any atom is 0.251 e. The van der Waals surface area contributed by atoms with Gasteiger partial charge in [-0.2, -0.15) is 0 Å². The number of hydrogen-bond donors (Lipinski definition) is 1. The minimum absolute atomic E-state index is 0.160. The van der Waals surface area contributed by atoms with Crippen molar-refractivity contribution in [2.45, 2.75) is 45.6 Å². The normalized spacial score (nSPS) is 23.7.